The third-order valence-electron chi connectivity index (χ3n) is 4.11. The molecule has 1 aliphatic carbocycles. The van der Waals surface area contributed by atoms with Gasteiger partial charge in [-0.15, -0.1) is 0 Å². The Morgan fingerprint density at radius 3 is 2.76 bits per heavy atom. The molecule has 2 unspecified atom stereocenters. The number of benzene rings is 1. The molecule has 3 nitrogen and oxygen atoms in total. The van der Waals surface area contributed by atoms with E-state index in [0.29, 0.717) is 6.04 Å². The number of nitrogens with one attached hydrogen (secondary N) is 1. The first-order valence-corrected chi connectivity index (χ1v) is 7.87. The average Bonchev–Trinajstić information content (AvgIpc) is 2.41. The molecular formula is C18H26N2O. The summed E-state index contributed by atoms with van der Waals surface area (Å²) in [5.41, 5.74) is 1.98. The van der Waals surface area contributed by atoms with Gasteiger partial charge in [0.1, 0.15) is 17.4 Å². The molecule has 2 atom stereocenters. The second-order valence-electron chi connectivity index (χ2n) is 6.60. The fraction of sp³-hybridized carbons (Fsp3) is 0.611. The van der Waals surface area contributed by atoms with Gasteiger partial charge in [0.25, 0.3) is 0 Å². The van der Waals surface area contributed by atoms with E-state index in [4.69, 9.17) is 4.74 Å². The number of nitrogens with zero attached hydrogens (tertiary/aromatic N) is 1. The van der Waals surface area contributed by atoms with Crippen molar-refractivity contribution in [3.05, 3.63) is 29.3 Å². The topological polar surface area (TPSA) is 45.0 Å². The maximum absolute atomic E-state index is 9.60. The zero-order chi connectivity index (χ0) is 15.5. The number of hydrogen-bond donors (Lipinski definition) is 1. The van der Waals surface area contributed by atoms with Crippen LogP contribution in [0.5, 0.6) is 5.75 Å². The third-order valence-corrected chi connectivity index (χ3v) is 4.11. The summed E-state index contributed by atoms with van der Waals surface area (Å²) < 4.78 is 6.19. The summed E-state index contributed by atoms with van der Waals surface area (Å²) in [4.78, 5) is 0. The van der Waals surface area contributed by atoms with Crippen molar-refractivity contribution in [1.29, 1.82) is 5.26 Å². The van der Waals surface area contributed by atoms with Crippen LogP contribution in [-0.2, 0) is 0 Å². The Hall–Kier alpha value is -1.53. The molecule has 0 heterocycles. The molecular weight excluding hydrogens is 260 g/mol. The molecule has 3 heteroatoms. The normalized spacial score (nSPS) is 25.6. The van der Waals surface area contributed by atoms with Crippen molar-refractivity contribution in [2.45, 2.75) is 71.1 Å². The van der Waals surface area contributed by atoms with Crippen molar-refractivity contribution in [3.63, 3.8) is 0 Å². The standard InChI is InChI=1S/C18H26N2O/c1-13(2)20-18(12-19)9-5-6-16(11-18)21-17-8-7-14(3)10-15(17)4/h7-8,10,13,16,20H,5-6,9,11H2,1-4H3. The van der Waals surface area contributed by atoms with Gasteiger partial charge in [-0.1, -0.05) is 17.7 Å². The van der Waals surface area contributed by atoms with E-state index in [9.17, 15) is 5.26 Å². The lowest BCUT2D eigenvalue weighted by Crippen LogP contribution is -2.52. The van der Waals surface area contributed by atoms with Crippen LogP contribution in [0.1, 0.15) is 50.7 Å². The molecule has 1 aromatic carbocycles. The molecule has 0 aliphatic heterocycles. The largest absolute Gasteiger partial charge is 0.490 e. The molecule has 0 amide bonds. The van der Waals surface area contributed by atoms with Crippen LogP contribution in [0.15, 0.2) is 18.2 Å². The summed E-state index contributed by atoms with van der Waals surface area (Å²) in [5, 5.41) is 13.0. The fourth-order valence-corrected chi connectivity index (χ4v) is 3.25. The number of aryl methyl sites for hydroxylation is 2. The number of ether oxygens (including phenoxy) is 1. The highest BCUT2D eigenvalue weighted by Gasteiger charge is 2.38. The molecule has 0 saturated heterocycles. The van der Waals surface area contributed by atoms with Gasteiger partial charge in [-0.05, 0) is 58.6 Å². The molecule has 1 aliphatic rings. The van der Waals surface area contributed by atoms with Crippen LogP contribution in [0.4, 0.5) is 0 Å². The summed E-state index contributed by atoms with van der Waals surface area (Å²) in [7, 11) is 0. The lowest BCUT2D eigenvalue weighted by Gasteiger charge is -2.38. The highest BCUT2D eigenvalue weighted by molar-refractivity contribution is 5.36. The van der Waals surface area contributed by atoms with Crippen molar-refractivity contribution in [2.75, 3.05) is 0 Å². The first-order valence-electron chi connectivity index (χ1n) is 7.87. The first kappa shape index (κ1) is 15.9. The Balaban J connectivity index is 2.09. The Bertz CT molecular complexity index is 533. The zero-order valence-electron chi connectivity index (χ0n) is 13.6. The Labute approximate surface area is 128 Å². The highest BCUT2D eigenvalue weighted by atomic mass is 16.5. The van der Waals surface area contributed by atoms with Gasteiger partial charge in [0.2, 0.25) is 0 Å². The Morgan fingerprint density at radius 2 is 2.14 bits per heavy atom. The SMILES string of the molecule is Cc1ccc(OC2CCCC(C#N)(NC(C)C)C2)c(C)c1. The van der Waals surface area contributed by atoms with Crippen LogP contribution in [0.3, 0.4) is 0 Å². The first-order chi connectivity index (χ1) is 9.94. The van der Waals surface area contributed by atoms with Crippen molar-refractivity contribution < 1.29 is 4.74 Å². The van der Waals surface area contributed by atoms with Gasteiger partial charge in [0, 0.05) is 12.5 Å². The van der Waals surface area contributed by atoms with Crippen LogP contribution in [-0.4, -0.2) is 17.7 Å². The predicted molar refractivity (Wildman–Crippen MR) is 85.4 cm³/mol. The average molecular weight is 286 g/mol. The fourth-order valence-electron chi connectivity index (χ4n) is 3.25. The summed E-state index contributed by atoms with van der Waals surface area (Å²) in [6.45, 7) is 8.35. The molecule has 1 N–H and O–H groups in total. The molecule has 1 fully saturated rings. The number of hydrogen-bond acceptors (Lipinski definition) is 3. The van der Waals surface area contributed by atoms with Crippen LogP contribution in [0, 0.1) is 25.2 Å². The lowest BCUT2D eigenvalue weighted by atomic mass is 9.80. The maximum Gasteiger partial charge on any atom is 0.122 e. The monoisotopic (exact) mass is 286 g/mol. The Kier molecular flexibility index (Phi) is 4.90. The van der Waals surface area contributed by atoms with Crippen LogP contribution in [0.2, 0.25) is 0 Å². The molecule has 1 aromatic rings. The van der Waals surface area contributed by atoms with E-state index in [1.165, 1.54) is 11.1 Å². The van der Waals surface area contributed by atoms with Crippen molar-refractivity contribution >= 4 is 0 Å². The van der Waals surface area contributed by atoms with E-state index in [2.05, 4.69) is 51.2 Å². The molecule has 21 heavy (non-hydrogen) atoms. The molecule has 2 rings (SSSR count). The molecule has 0 spiro atoms. The van der Waals surface area contributed by atoms with Gasteiger partial charge in [0.15, 0.2) is 0 Å². The minimum absolute atomic E-state index is 0.117. The Morgan fingerprint density at radius 1 is 1.38 bits per heavy atom. The van der Waals surface area contributed by atoms with Crippen LogP contribution >= 0.6 is 0 Å². The van der Waals surface area contributed by atoms with Gasteiger partial charge < -0.3 is 4.74 Å². The van der Waals surface area contributed by atoms with Gasteiger partial charge in [-0.2, -0.15) is 5.26 Å². The minimum Gasteiger partial charge on any atom is -0.490 e. The summed E-state index contributed by atoms with van der Waals surface area (Å²) in [5.74, 6) is 0.948. The molecule has 114 valence electrons. The summed E-state index contributed by atoms with van der Waals surface area (Å²) in [6, 6.07) is 9.07. The third kappa shape index (κ3) is 3.98. The quantitative estimate of drug-likeness (QED) is 0.913. The van der Waals surface area contributed by atoms with Crippen molar-refractivity contribution in [3.8, 4) is 11.8 Å². The summed E-state index contributed by atoms with van der Waals surface area (Å²) in [6.07, 6.45) is 3.84. The maximum atomic E-state index is 9.60. The zero-order valence-corrected chi connectivity index (χ0v) is 13.6. The molecule has 0 aromatic heterocycles. The van der Waals surface area contributed by atoms with Gasteiger partial charge >= 0.3 is 0 Å². The molecule has 1 saturated carbocycles. The smallest absolute Gasteiger partial charge is 0.122 e. The van der Waals surface area contributed by atoms with Gasteiger partial charge in [-0.25, -0.2) is 0 Å². The molecule has 0 bridgehead atoms. The van der Waals surface area contributed by atoms with Gasteiger partial charge in [-0.3, -0.25) is 5.32 Å². The second kappa shape index (κ2) is 6.49. The van der Waals surface area contributed by atoms with E-state index in [0.717, 1.165) is 31.4 Å². The van der Waals surface area contributed by atoms with E-state index in [-0.39, 0.29) is 6.10 Å². The van der Waals surface area contributed by atoms with Crippen molar-refractivity contribution in [2.24, 2.45) is 0 Å². The number of rotatable bonds is 4. The van der Waals surface area contributed by atoms with E-state index in [1.807, 2.05) is 6.07 Å². The minimum atomic E-state index is -0.435. The highest BCUT2D eigenvalue weighted by Crippen LogP contribution is 2.32. The van der Waals surface area contributed by atoms with E-state index in [1.54, 1.807) is 0 Å². The van der Waals surface area contributed by atoms with E-state index < -0.39 is 5.54 Å². The lowest BCUT2D eigenvalue weighted by molar-refractivity contribution is 0.108. The van der Waals surface area contributed by atoms with Crippen LogP contribution in [0.25, 0.3) is 0 Å². The van der Waals surface area contributed by atoms with E-state index >= 15 is 0 Å². The van der Waals surface area contributed by atoms with Gasteiger partial charge in [0.05, 0.1) is 6.07 Å². The second-order valence-corrected chi connectivity index (χ2v) is 6.60. The predicted octanol–water partition coefficient (Wildman–Crippen LogP) is 3.89. The number of nitriles is 1. The summed E-state index contributed by atoms with van der Waals surface area (Å²) >= 11 is 0. The van der Waals surface area contributed by atoms with Crippen molar-refractivity contribution in [1.82, 2.24) is 5.32 Å². The van der Waals surface area contributed by atoms with Crippen LogP contribution < -0.4 is 10.1 Å². The molecule has 0 radical (unpaired) electrons.